The molecule has 0 unspecified atom stereocenters. The molecule has 0 saturated heterocycles. The van der Waals surface area contributed by atoms with Gasteiger partial charge < -0.3 is 10.6 Å². The third-order valence-corrected chi connectivity index (χ3v) is 6.23. The SMILES string of the molecule is O=C(N[C@H]1C[C@H]2CC[C@H]1C2)/C(=C/c1cccs1)NC(=O)c1ccccc1. The van der Waals surface area contributed by atoms with E-state index in [1.54, 1.807) is 18.2 Å². The van der Waals surface area contributed by atoms with Crippen LogP contribution in [0.5, 0.6) is 0 Å². The van der Waals surface area contributed by atoms with E-state index >= 15 is 0 Å². The van der Waals surface area contributed by atoms with Crippen molar-refractivity contribution in [2.24, 2.45) is 11.8 Å². The van der Waals surface area contributed by atoms with Gasteiger partial charge in [0.1, 0.15) is 5.70 Å². The molecule has 0 spiro atoms. The van der Waals surface area contributed by atoms with Crippen LogP contribution in [0, 0.1) is 11.8 Å². The topological polar surface area (TPSA) is 58.2 Å². The standard InChI is InChI=1S/C21H22N2O2S/c24-20(15-5-2-1-3-6-15)23-19(13-17-7-4-10-26-17)21(25)22-18-12-14-8-9-16(18)11-14/h1-7,10,13-14,16,18H,8-9,11-12H2,(H,22,25)(H,23,24)/b19-13-/t14-,16-,18-/m0/s1. The summed E-state index contributed by atoms with van der Waals surface area (Å²) in [6.45, 7) is 0. The number of amides is 2. The van der Waals surface area contributed by atoms with E-state index in [2.05, 4.69) is 10.6 Å². The Balaban J connectivity index is 1.51. The smallest absolute Gasteiger partial charge is 0.268 e. The van der Waals surface area contributed by atoms with Gasteiger partial charge in [-0.05, 0) is 60.8 Å². The molecular formula is C21H22N2O2S. The summed E-state index contributed by atoms with van der Waals surface area (Å²) in [5.41, 5.74) is 0.848. The number of thiophene rings is 1. The number of nitrogens with one attached hydrogen (secondary N) is 2. The van der Waals surface area contributed by atoms with E-state index in [0.717, 1.165) is 17.2 Å². The molecule has 1 aromatic heterocycles. The lowest BCUT2D eigenvalue weighted by Crippen LogP contribution is -2.42. The first-order valence-electron chi connectivity index (χ1n) is 9.11. The van der Waals surface area contributed by atoms with Crippen molar-refractivity contribution in [3.05, 3.63) is 64.0 Å². The van der Waals surface area contributed by atoms with Gasteiger partial charge in [0.15, 0.2) is 0 Å². The average Bonchev–Trinajstić information content (AvgIpc) is 3.40. The maximum Gasteiger partial charge on any atom is 0.268 e. The Hall–Kier alpha value is -2.40. The van der Waals surface area contributed by atoms with E-state index in [1.165, 1.54) is 30.6 Å². The fourth-order valence-corrected chi connectivity index (χ4v) is 4.78. The molecule has 0 radical (unpaired) electrons. The minimum atomic E-state index is -0.267. The van der Waals surface area contributed by atoms with Crippen LogP contribution in [0.15, 0.2) is 53.5 Å². The molecule has 2 bridgehead atoms. The molecule has 4 nitrogen and oxygen atoms in total. The summed E-state index contributed by atoms with van der Waals surface area (Å²) < 4.78 is 0. The average molecular weight is 366 g/mol. The number of hydrogen-bond acceptors (Lipinski definition) is 3. The molecule has 2 aliphatic rings. The van der Waals surface area contributed by atoms with Crippen LogP contribution in [0.3, 0.4) is 0 Å². The van der Waals surface area contributed by atoms with Crippen molar-refractivity contribution in [1.82, 2.24) is 10.6 Å². The minimum absolute atomic E-state index is 0.194. The quantitative estimate of drug-likeness (QED) is 0.790. The maximum absolute atomic E-state index is 12.9. The molecule has 2 aromatic rings. The van der Waals surface area contributed by atoms with Crippen LogP contribution in [0.2, 0.25) is 0 Å². The van der Waals surface area contributed by atoms with Gasteiger partial charge >= 0.3 is 0 Å². The molecule has 1 aromatic carbocycles. The molecule has 1 heterocycles. The van der Waals surface area contributed by atoms with Crippen molar-refractivity contribution >= 4 is 29.2 Å². The predicted molar refractivity (Wildman–Crippen MR) is 104 cm³/mol. The summed E-state index contributed by atoms with van der Waals surface area (Å²) in [5, 5.41) is 7.92. The van der Waals surface area contributed by atoms with E-state index < -0.39 is 0 Å². The zero-order valence-corrected chi connectivity index (χ0v) is 15.3. The van der Waals surface area contributed by atoms with Crippen molar-refractivity contribution in [2.45, 2.75) is 31.7 Å². The molecular weight excluding hydrogens is 344 g/mol. The van der Waals surface area contributed by atoms with Crippen molar-refractivity contribution in [2.75, 3.05) is 0 Å². The van der Waals surface area contributed by atoms with Crippen molar-refractivity contribution < 1.29 is 9.59 Å². The van der Waals surface area contributed by atoms with Crippen molar-refractivity contribution in [1.29, 1.82) is 0 Å². The summed E-state index contributed by atoms with van der Waals surface area (Å²) in [5.74, 6) is 0.891. The summed E-state index contributed by atoms with van der Waals surface area (Å²) in [4.78, 5) is 26.3. The van der Waals surface area contributed by atoms with Gasteiger partial charge in [0.2, 0.25) is 0 Å². The Kier molecular flexibility index (Phi) is 4.89. The Bertz CT molecular complexity index is 814. The Morgan fingerprint density at radius 1 is 1.04 bits per heavy atom. The van der Waals surface area contributed by atoms with Gasteiger partial charge in [-0.25, -0.2) is 0 Å². The zero-order chi connectivity index (χ0) is 17.9. The fourth-order valence-electron chi connectivity index (χ4n) is 4.13. The van der Waals surface area contributed by atoms with Crippen LogP contribution < -0.4 is 10.6 Å². The highest BCUT2D eigenvalue weighted by molar-refractivity contribution is 7.10. The van der Waals surface area contributed by atoms with Gasteiger partial charge in [0, 0.05) is 16.5 Å². The lowest BCUT2D eigenvalue weighted by atomic mass is 9.95. The highest BCUT2D eigenvalue weighted by Gasteiger charge is 2.40. The number of fused-ring (bicyclic) bond motifs is 2. The Morgan fingerprint density at radius 2 is 1.88 bits per heavy atom. The second-order valence-corrected chi connectivity index (χ2v) is 8.13. The molecule has 2 aliphatic carbocycles. The lowest BCUT2D eigenvalue weighted by molar-refractivity contribution is -0.118. The second-order valence-electron chi connectivity index (χ2n) is 7.15. The molecule has 134 valence electrons. The summed E-state index contributed by atoms with van der Waals surface area (Å²) in [6.07, 6.45) is 6.55. The highest BCUT2D eigenvalue weighted by atomic mass is 32.1. The van der Waals surface area contributed by atoms with Gasteiger partial charge in [0.25, 0.3) is 11.8 Å². The number of hydrogen-bond donors (Lipinski definition) is 2. The molecule has 3 atom stereocenters. The molecule has 2 saturated carbocycles. The third kappa shape index (κ3) is 3.73. The molecule has 4 rings (SSSR count). The minimum Gasteiger partial charge on any atom is -0.348 e. The van der Waals surface area contributed by atoms with Crippen molar-refractivity contribution in [3.63, 3.8) is 0 Å². The van der Waals surface area contributed by atoms with Crippen LogP contribution in [-0.4, -0.2) is 17.9 Å². The van der Waals surface area contributed by atoms with E-state index in [0.29, 0.717) is 17.2 Å². The van der Waals surface area contributed by atoms with Crippen LogP contribution in [0.25, 0.3) is 6.08 Å². The number of benzene rings is 1. The van der Waals surface area contributed by atoms with Gasteiger partial charge in [0.05, 0.1) is 0 Å². The van der Waals surface area contributed by atoms with Gasteiger partial charge in [-0.2, -0.15) is 0 Å². The van der Waals surface area contributed by atoms with E-state index in [4.69, 9.17) is 0 Å². The predicted octanol–water partition coefficient (Wildman–Crippen LogP) is 3.82. The van der Waals surface area contributed by atoms with Crippen LogP contribution in [-0.2, 0) is 4.79 Å². The number of rotatable bonds is 5. The Labute approximate surface area is 157 Å². The molecule has 0 aliphatic heterocycles. The third-order valence-electron chi connectivity index (χ3n) is 5.41. The van der Waals surface area contributed by atoms with Crippen LogP contribution in [0.1, 0.15) is 40.9 Å². The molecule has 26 heavy (non-hydrogen) atoms. The first-order chi connectivity index (χ1) is 12.7. The van der Waals surface area contributed by atoms with E-state index in [1.807, 2.05) is 35.7 Å². The van der Waals surface area contributed by atoms with Gasteiger partial charge in [-0.3, -0.25) is 9.59 Å². The van der Waals surface area contributed by atoms with Gasteiger partial charge in [-0.1, -0.05) is 30.7 Å². The largest absolute Gasteiger partial charge is 0.348 e. The summed E-state index contributed by atoms with van der Waals surface area (Å²) in [7, 11) is 0. The van der Waals surface area contributed by atoms with Gasteiger partial charge in [-0.15, -0.1) is 11.3 Å². The fraction of sp³-hybridized carbons (Fsp3) is 0.333. The monoisotopic (exact) mass is 366 g/mol. The normalized spacial score (nSPS) is 24.5. The number of carbonyl (C=O) groups is 2. The Morgan fingerprint density at radius 3 is 2.54 bits per heavy atom. The molecule has 2 fully saturated rings. The van der Waals surface area contributed by atoms with Crippen LogP contribution in [0.4, 0.5) is 0 Å². The number of carbonyl (C=O) groups excluding carboxylic acids is 2. The summed E-state index contributed by atoms with van der Waals surface area (Å²) >= 11 is 1.54. The lowest BCUT2D eigenvalue weighted by Gasteiger charge is -2.23. The first-order valence-corrected chi connectivity index (χ1v) is 9.99. The highest BCUT2D eigenvalue weighted by Crippen LogP contribution is 2.44. The summed E-state index contributed by atoms with van der Waals surface area (Å²) in [6, 6.07) is 13.1. The molecule has 2 N–H and O–H groups in total. The zero-order valence-electron chi connectivity index (χ0n) is 14.5. The van der Waals surface area contributed by atoms with Crippen molar-refractivity contribution in [3.8, 4) is 0 Å². The van der Waals surface area contributed by atoms with E-state index in [-0.39, 0.29) is 17.9 Å². The van der Waals surface area contributed by atoms with Crippen LogP contribution >= 0.6 is 11.3 Å². The maximum atomic E-state index is 12.9. The first kappa shape index (κ1) is 17.0. The van der Waals surface area contributed by atoms with E-state index in [9.17, 15) is 9.59 Å². The second kappa shape index (κ2) is 7.46. The molecule has 2 amide bonds. The molecule has 5 heteroatoms.